The van der Waals surface area contributed by atoms with Crippen molar-refractivity contribution >= 4 is 23.5 Å². The molecule has 1 aromatic carbocycles. The first kappa shape index (κ1) is 15.3. The Labute approximate surface area is 134 Å². The summed E-state index contributed by atoms with van der Waals surface area (Å²) in [7, 11) is 0. The molecule has 0 amide bonds. The Morgan fingerprint density at radius 3 is 2.00 bits per heavy atom. The molecule has 2 aliphatic rings. The second kappa shape index (κ2) is 5.27. The molecule has 22 heavy (non-hydrogen) atoms. The van der Waals surface area contributed by atoms with E-state index in [0.717, 1.165) is 31.2 Å². The lowest BCUT2D eigenvalue weighted by Crippen LogP contribution is -2.53. The van der Waals surface area contributed by atoms with Gasteiger partial charge in [-0.25, -0.2) is 0 Å². The smallest absolute Gasteiger partial charge is 0.324 e. The van der Waals surface area contributed by atoms with Gasteiger partial charge in [0.1, 0.15) is 0 Å². The summed E-state index contributed by atoms with van der Waals surface area (Å²) in [4.78, 5) is 25.0. The number of hydrogen-bond donors (Lipinski definition) is 0. The molecule has 118 valence electrons. The minimum Gasteiger partial charge on any atom is -0.422 e. The molecule has 0 unspecified atom stereocenters. The third kappa shape index (κ3) is 2.50. The molecular weight excluding hydrogens is 304 g/mol. The van der Waals surface area contributed by atoms with Crippen molar-refractivity contribution < 1.29 is 19.1 Å². The van der Waals surface area contributed by atoms with E-state index in [9.17, 15) is 9.59 Å². The van der Waals surface area contributed by atoms with Gasteiger partial charge in [-0.05, 0) is 30.5 Å². The van der Waals surface area contributed by atoms with Crippen LogP contribution in [0.2, 0.25) is 5.02 Å². The standard InChI is InChI=1S/C17H19ClO4/c1-16(2)21-14(19)13(15(20)22-16)17(9-3-4-10-17)11-5-7-12(18)8-6-11/h5-8,13H,3-4,9-10H2,1-2H3. The Hall–Kier alpha value is -1.55. The van der Waals surface area contributed by atoms with Gasteiger partial charge in [-0.3, -0.25) is 9.59 Å². The van der Waals surface area contributed by atoms with E-state index in [1.807, 2.05) is 12.1 Å². The average Bonchev–Trinajstić information content (AvgIpc) is 2.87. The first-order chi connectivity index (χ1) is 10.3. The summed E-state index contributed by atoms with van der Waals surface area (Å²) in [6, 6.07) is 7.38. The van der Waals surface area contributed by atoms with Gasteiger partial charge >= 0.3 is 11.9 Å². The molecule has 1 aliphatic carbocycles. The van der Waals surface area contributed by atoms with E-state index in [-0.39, 0.29) is 0 Å². The van der Waals surface area contributed by atoms with Gasteiger partial charge < -0.3 is 9.47 Å². The quantitative estimate of drug-likeness (QED) is 0.616. The fourth-order valence-corrected chi connectivity index (χ4v) is 3.83. The van der Waals surface area contributed by atoms with Gasteiger partial charge in [0.05, 0.1) is 0 Å². The van der Waals surface area contributed by atoms with E-state index in [1.54, 1.807) is 26.0 Å². The topological polar surface area (TPSA) is 52.6 Å². The summed E-state index contributed by atoms with van der Waals surface area (Å²) in [6.07, 6.45) is 3.49. The molecule has 2 fully saturated rings. The highest BCUT2D eigenvalue weighted by atomic mass is 35.5. The minimum atomic E-state index is -1.19. The van der Waals surface area contributed by atoms with E-state index < -0.39 is 29.1 Å². The molecular formula is C17H19ClO4. The van der Waals surface area contributed by atoms with Crippen LogP contribution in [0.15, 0.2) is 24.3 Å². The largest absolute Gasteiger partial charge is 0.422 e. The summed E-state index contributed by atoms with van der Waals surface area (Å²) in [5, 5.41) is 0.631. The van der Waals surface area contributed by atoms with Crippen LogP contribution in [0.1, 0.15) is 45.1 Å². The van der Waals surface area contributed by atoms with Crippen LogP contribution < -0.4 is 0 Å². The van der Waals surface area contributed by atoms with Crippen molar-refractivity contribution in [2.75, 3.05) is 0 Å². The molecule has 5 heteroatoms. The first-order valence-electron chi connectivity index (χ1n) is 7.56. The Kier molecular flexibility index (Phi) is 3.68. The number of esters is 2. The van der Waals surface area contributed by atoms with E-state index in [0.29, 0.717) is 5.02 Å². The van der Waals surface area contributed by atoms with Crippen molar-refractivity contribution in [3.63, 3.8) is 0 Å². The van der Waals surface area contributed by atoms with Gasteiger partial charge in [0, 0.05) is 24.3 Å². The van der Waals surface area contributed by atoms with Gasteiger partial charge in [0.15, 0.2) is 5.92 Å². The molecule has 1 heterocycles. The lowest BCUT2D eigenvalue weighted by Gasteiger charge is -2.41. The number of benzene rings is 1. The van der Waals surface area contributed by atoms with Crippen molar-refractivity contribution in [1.29, 1.82) is 0 Å². The highest BCUT2D eigenvalue weighted by molar-refractivity contribution is 6.30. The SMILES string of the molecule is CC1(C)OC(=O)C(C2(c3ccc(Cl)cc3)CCCC2)C(=O)O1. The van der Waals surface area contributed by atoms with Crippen molar-refractivity contribution in [2.24, 2.45) is 5.92 Å². The van der Waals surface area contributed by atoms with Gasteiger partial charge in [-0.2, -0.15) is 0 Å². The lowest BCUT2D eigenvalue weighted by atomic mass is 9.68. The molecule has 0 bridgehead atoms. The molecule has 0 N–H and O–H groups in total. The van der Waals surface area contributed by atoms with Crippen LogP contribution in [0.25, 0.3) is 0 Å². The van der Waals surface area contributed by atoms with Crippen LogP contribution in [0.5, 0.6) is 0 Å². The van der Waals surface area contributed by atoms with E-state index in [1.165, 1.54) is 0 Å². The fraction of sp³-hybridized carbons (Fsp3) is 0.529. The van der Waals surface area contributed by atoms with Gasteiger partial charge in [-0.15, -0.1) is 0 Å². The summed E-state index contributed by atoms with van der Waals surface area (Å²) in [5.74, 6) is -3.06. The maximum absolute atomic E-state index is 12.5. The lowest BCUT2D eigenvalue weighted by molar-refractivity contribution is -0.243. The number of ether oxygens (including phenoxy) is 2. The third-order valence-electron chi connectivity index (χ3n) is 4.63. The van der Waals surface area contributed by atoms with Crippen LogP contribution in [0.4, 0.5) is 0 Å². The fourth-order valence-electron chi connectivity index (χ4n) is 3.70. The first-order valence-corrected chi connectivity index (χ1v) is 7.94. The van der Waals surface area contributed by atoms with Gasteiger partial charge in [0.25, 0.3) is 5.79 Å². The highest BCUT2D eigenvalue weighted by Crippen LogP contribution is 2.49. The molecule has 0 radical (unpaired) electrons. The van der Waals surface area contributed by atoms with E-state index in [2.05, 4.69) is 0 Å². The molecule has 0 aromatic heterocycles. The van der Waals surface area contributed by atoms with E-state index >= 15 is 0 Å². The van der Waals surface area contributed by atoms with Crippen molar-refractivity contribution in [3.05, 3.63) is 34.9 Å². The van der Waals surface area contributed by atoms with Crippen LogP contribution in [-0.4, -0.2) is 17.7 Å². The monoisotopic (exact) mass is 322 g/mol. The number of hydrogen-bond acceptors (Lipinski definition) is 4. The number of carbonyl (C=O) groups excluding carboxylic acids is 2. The summed E-state index contributed by atoms with van der Waals surface area (Å²) < 4.78 is 10.7. The second-order valence-electron chi connectivity index (χ2n) is 6.55. The Balaban J connectivity index is 2.03. The molecule has 1 saturated heterocycles. The van der Waals surface area contributed by atoms with Gasteiger partial charge in [0.2, 0.25) is 0 Å². The minimum absolute atomic E-state index is 0.488. The third-order valence-corrected chi connectivity index (χ3v) is 4.88. The molecule has 1 aromatic rings. The molecule has 4 nitrogen and oxygen atoms in total. The van der Waals surface area contributed by atoms with Crippen LogP contribution in [-0.2, 0) is 24.5 Å². The van der Waals surface area contributed by atoms with E-state index in [4.69, 9.17) is 21.1 Å². The predicted octanol–water partition coefficient (Wildman–Crippen LogP) is 3.60. The zero-order valence-corrected chi connectivity index (χ0v) is 13.5. The maximum atomic E-state index is 12.5. The van der Waals surface area contributed by atoms with Crippen LogP contribution >= 0.6 is 11.6 Å². The zero-order valence-electron chi connectivity index (χ0n) is 12.7. The predicted molar refractivity (Wildman–Crippen MR) is 81.4 cm³/mol. The molecule has 1 saturated carbocycles. The van der Waals surface area contributed by atoms with Crippen molar-refractivity contribution in [1.82, 2.24) is 0 Å². The number of cyclic esters (lactones) is 2. The Morgan fingerprint density at radius 1 is 1.00 bits per heavy atom. The molecule has 3 rings (SSSR count). The summed E-state index contributed by atoms with van der Waals surface area (Å²) in [5.41, 5.74) is 0.405. The Morgan fingerprint density at radius 2 is 1.50 bits per heavy atom. The molecule has 0 spiro atoms. The summed E-state index contributed by atoms with van der Waals surface area (Å²) >= 11 is 5.96. The van der Waals surface area contributed by atoms with Gasteiger partial charge in [-0.1, -0.05) is 36.6 Å². The molecule has 1 aliphatic heterocycles. The maximum Gasteiger partial charge on any atom is 0.324 e. The number of halogens is 1. The normalized spacial score (nSPS) is 24.0. The second-order valence-corrected chi connectivity index (χ2v) is 6.98. The zero-order chi connectivity index (χ0) is 16.0. The average molecular weight is 323 g/mol. The number of carbonyl (C=O) groups is 2. The number of rotatable bonds is 2. The van der Waals surface area contributed by atoms with Crippen LogP contribution in [0, 0.1) is 5.92 Å². The Bertz CT molecular complexity index is 580. The van der Waals surface area contributed by atoms with Crippen molar-refractivity contribution in [3.8, 4) is 0 Å². The highest BCUT2D eigenvalue weighted by Gasteiger charge is 2.56. The molecule has 0 atom stereocenters. The summed E-state index contributed by atoms with van der Waals surface area (Å²) in [6.45, 7) is 3.14. The van der Waals surface area contributed by atoms with Crippen LogP contribution in [0.3, 0.4) is 0 Å². The van der Waals surface area contributed by atoms with Crippen molar-refractivity contribution in [2.45, 2.75) is 50.7 Å².